The average Bonchev–Trinajstić information content (AvgIpc) is 2.84. The lowest BCUT2D eigenvalue weighted by molar-refractivity contribution is 0.0783. The van der Waals surface area contributed by atoms with E-state index in [-0.39, 0.29) is 11.4 Å². The first-order chi connectivity index (χ1) is 5.77. The van der Waals surface area contributed by atoms with Crippen LogP contribution in [-0.4, -0.2) is 12.1 Å². The van der Waals surface area contributed by atoms with E-state index in [0.29, 0.717) is 0 Å². The van der Waals surface area contributed by atoms with Crippen molar-refractivity contribution in [2.75, 3.05) is 7.11 Å². The second-order valence-electron chi connectivity index (χ2n) is 3.09. The molecule has 0 N–H and O–H groups in total. The zero-order chi connectivity index (χ0) is 8.60. The van der Waals surface area contributed by atoms with Crippen LogP contribution in [0, 0.1) is 5.82 Å². The van der Waals surface area contributed by atoms with Crippen LogP contribution in [0.5, 0.6) is 0 Å². The van der Waals surface area contributed by atoms with E-state index in [0.717, 1.165) is 18.4 Å². The standard InChI is InChI=1S/C9H10FNO/c1-12-9(2-3-9)7-4-8(10)6-11-5-7/h4-6H,2-3H2,1H3. The van der Waals surface area contributed by atoms with E-state index < -0.39 is 0 Å². The summed E-state index contributed by atoms with van der Waals surface area (Å²) in [5.41, 5.74) is 0.625. The van der Waals surface area contributed by atoms with Crippen LogP contribution in [0.3, 0.4) is 0 Å². The van der Waals surface area contributed by atoms with E-state index in [1.807, 2.05) is 0 Å². The molecule has 0 unspecified atom stereocenters. The number of hydrogen-bond donors (Lipinski definition) is 0. The van der Waals surface area contributed by atoms with Crippen molar-refractivity contribution in [2.45, 2.75) is 18.4 Å². The van der Waals surface area contributed by atoms with Crippen LogP contribution in [0.15, 0.2) is 18.5 Å². The van der Waals surface area contributed by atoms with Gasteiger partial charge in [-0.15, -0.1) is 0 Å². The summed E-state index contributed by atoms with van der Waals surface area (Å²) in [6.07, 6.45) is 4.80. The van der Waals surface area contributed by atoms with Gasteiger partial charge >= 0.3 is 0 Å². The lowest BCUT2D eigenvalue weighted by atomic mass is 10.1. The Labute approximate surface area is 70.4 Å². The van der Waals surface area contributed by atoms with Gasteiger partial charge in [-0.3, -0.25) is 4.98 Å². The number of aromatic nitrogens is 1. The first-order valence-corrected chi connectivity index (χ1v) is 3.93. The molecule has 1 fully saturated rings. The molecule has 3 heteroatoms. The molecular weight excluding hydrogens is 157 g/mol. The van der Waals surface area contributed by atoms with Gasteiger partial charge in [0.2, 0.25) is 0 Å². The lowest BCUT2D eigenvalue weighted by Gasteiger charge is -2.12. The highest BCUT2D eigenvalue weighted by atomic mass is 19.1. The number of hydrogen-bond acceptors (Lipinski definition) is 2. The van der Waals surface area contributed by atoms with Crippen LogP contribution in [0.25, 0.3) is 0 Å². The first kappa shape index (κ1) is 7.68. The Balaban J connectivity index is 2.34. The molecule has 1 aromatic heterocycles. The molecule has 1 saturated carbocycles. The van der Waals surface area contributed by atoms with Crippen LogP contribution >= 0.6 is 0 Å². The van der Waals surface area contributed by atoms with Gasteiger partial charge in [0.05, 0.1) is 11.8 Å². The minimum atomic E-state index is -0.296. The van der Waals surface area contributed by atoms with Gasteiger partial charge in [0.1, 0.15) is 5.82 Å². The topological polar surface area (TPSA) is 22.1 Å². The van der Waals surface area contributed by atoms with Gasteiger partial charge in [0.25, 0.3) is 0 Å². The van der Waals surface area contributed by atoms with Crippen molar-refractivity contribution >= 4 is 0 Å². The fourth-order valence-electron chi connectivity index (χ4n) is 1.39. The summed E-state index contributed by atoms with van der Waals surface area (Å²) in [6, 6.07) is 1.49. The average molecular weight is 167 g/mol. The van der Waals surface area contributed by atoms with E-state index in [1.54, 1.807) is 13.3 Å². The molecule has 0 amide bonds. The van der Waals surface area contributed by atoms with E-state index in [4.69, 9.17) is 4.74 Å². The molecule has 2 rings (SSSR count). The summed E-state index contributed by atoms with van der Waals surface area (Å²) in [5, 5.41) is 0. The van der Waals surface area contributed by atoms with Gasteiger partial charge in [-0.1, -0.05) is 0 Å². The third-order valence-electron chi connectivity index (χ3n) is 2.33. The molecule has 1 aliphatic rings. The van der Waals surface area contributed by atoms with E-state index in [1.165, 1.54) is 12.3 Å². The summed E-state index contributed by atoms with van der Waals surface area (Å²) < 4.78 is 18.0. The smallest absolute Gasteiger partial charge is 0.141 e. The highest BCUT2D eigenvalue weighted by Gasteiger charge is 2.45. The fraction of sp³-hybridized carbons (Fsp3) is 0.444. The maximum atomic E-state index is 12.7. The minimum absolute atomic E-state index is 0.227. The third-order valence-corrected chi connectivity index (χ3v) is 2.33. The minimum Gasteiger partial charge on any atom is -0.373 e. The van der Waals surface area contributed by atoms with Gasteiger partial charge in [-0.05, 0) is 18.9 Å². The summed E-state index contributed by atoms with van der Waals surface area (Å²) in [7, 11) is 1.65. The van der Waals surface area contributed by atoms with Crippen LogP contribution in [0.1, 0.15) is 18.4 Å². The first-order valence-electron chi connectivity index (χ1n) is 3.93. The second-order valence-corrected chi connectivity index (χ2v) is 3.09. The molecule has 0 saturated heterocycles. The summed E-state index contributed by atoms with van der Waals surface area (Å²) in [6.45, 7) is 0. The van der Waals surface area contributed by atoms with Crippen molar-refractivity contribution in [3.05, 3.63) is 29.8 Å². The zero-order valence-electron chi connectivity index (χ0n) is 6.88. The van der Waals surface area contributed by atoms with Gasteiger partial charge < -0.3 is 4.74 Å². The Morgan fingerprint density at radius 2 is 2.25 bits per heavy atom. The second kappa shape index (κ2) is 2.52. The van der Waals surface area contributed by atoms with Crippen molar-refractivity contribution in [1.29, 1.82) is 0 Å². The van der Waals surface area contributed by atoms with Crippen LogP contribution in [0.4, 0.5) is 4.39 Å². The SMILES string of the molecule is COC1(c2cncc(F)c2)CC1. The van der Waals surface area contributed by atoms with Crippen molar-refractivity contribution in [1.82, 2.24) is 4.98 Å². The number of methoxy groups -OCH3 is 1. The molecule has 12 heavy (non-hydrogen) atoms. The Morgan fingerprint density at radius 3 is 2.75 bits per heavy atom. The lowest BCUT2D eigenvalue weighted by Crippen LogP contribution is -2.09. The molecule has 1 aromatic rings. The Hall–Kier alpha value is -0.960. The molecule has 1 heterocycles. The predicted molar refractivity (Wildman–Crippen MR) is 42.1 cm³/mol. The van der Waals surface area contributed by atoms with Crippen LogP contribution in [-0.2, 0) is 10.3 Å². The molecule has 0 bridgehead atoms. The molecule has 1 aliphatic carbocycles. The maximum absolute atomic E-state index is 12.7. The highest BCUT2D eigenvalue weighted by molar-refractivity contribution is 5.24. The Bertz CT molecular complexity index is 296. The number of ether oxygens (including phenoxy) is 1. The summed E-state index contributed by atoms with van der Waals surface area (Å²) in [4.78, 5) is 3.78. The fourth-order valence-corrected chi connectivity index (χ4v) is 1.39. The Morgan fingerprint density at radius 1 is 1.50 bits per heavy atom. The number of rotatable bonds is 2. The Kier molecular flexibility index (Phi) is 1.61. The summed E-state index contributed by atoms with van der Waals surface area (Å²) >= 11 is 0. The molecule has 0 atom stereocenters. The largest absolute Gasteiger partial charge is 0.373 e. The maximum Gasteiger partial charge on any atom is 0.141 e. The van der Waals surface area contributed by atoms with Crippen molar-refractivity contribution in [3.63, 3.8) is 0 Å². The zero-order valence-corrected chi connectivity index (χ0v) is 6.88. The molecule has 64 valence electrons. The molecule has 0 radical (unpaired) electrons. The molecule has 0 aliphatic heterocycles. The summed E-state index contributed by atoms with van der Waals surface area (Å²) in [5.74, 6) is -0.296. The molecule has 2 nitrogen and oxygen atoms in total. The van der Waals surface area contributed by atoms with Crippen LogP contribution in [0.2, 0.25) is 0 Å². The molecular formula is C9H10FNO. The molecule has 0 aromatic carbocycles. The van der Waals surface area contributed by atoms with Gasteiger partial charge in [-0.2, -0.15) is 0 Å². The van der Waals surface area contributed by atoms with Crippen molar-refractivity contribution in [2.24, 2.45) is 0 Å². The molecule has 0 spiro atoms. The van der Waals surface area contributed by atoms with Gasteiger partial charge in [0, 0.05) is 18.9 Å². The monoisotopic (exact) mass is 167 g/mol. The number of pyridine rings is 1. The third kappa shape index (κ3) is 1.10. The quantitative estimate of drug-likeness (QED) is 0.670. The van der Waals surface area contributed by atoms with E-state index in [2.05, 4.69) is 4.98 Å². The van der Waals surface area contributed by atoms with Gasteiger partial charge in [0.15, 0.2) is 0 Å². The van der Waals surface area contributed by atoms with E-state index >= 15 is 0 Å². The van der Waals surface area contributed by atoms with Crippen LogP contribution < -0.4 is 0 Å². The highest BCUT2D eigenvalue weighted by Crippen LogP contribution is 2.48. The number of halogens is 1. The van der Waals surface area contributed by atoms with E-state index in [9.17, 15) is 4.39 Å². The van der Waals surface area contributed by atoms with Gasteiger partial charge in [-0.25, -0.2) is 4.39 Å². The normalized spacial score (nSPS) is 19.2. The predicted octanol–water partition coefficient (Wildman–Crippen LogP) is 1.86. The van der Waals surface area contributed by atoms with Crippen molar-refractivity contribution < 1.29 is 9.13 Å². The van der Waals surface area contributed by atoms with Crippen molar-refractivity contribution in [3.8, 4) is 0 Å². The number of nitrogens with zero attached hydrogens (tertiary/aromatic N) is 1.